The van der Waals surface area contributed by atoms with Crippen LogP contribution in [0.3, 0.4) is 0 Å². The molecular weight excluding hydrogens is 488 g/mol. The van der Waals surface area contributed by atoms with Crippen molar-refractivity contribution < 1.29 is 14.4 Å². The second-order valence-corrected chi connectivity index (χ2v) is 12.8. The van der Waals surface area contributed by atoms with Crippen LogP contribution in [-0.4, -0.2) is 89.3 Å². The van der Waals surface area contributed by atoms with Gasteiger partial charge in [-0.1, -0.05) is 51.1 Å². The van der Waals surface area contributed by atoms with Gasteiger partial charge >= 0.3 is 6.03 Å². The molecule has 3 saturated heterocycles. The third-order valence-corrected chi connectivity index (χ3v) is 8.75. The highest BCUT2D eigenvalue weighted by Crippen LogP contribution is 2.42. The molecule has 1 aromatic rings. The largest absolute Gasteiger partial charge is 0.342 e. The first-order valence-electron chi connectivity index (χ1n) is 13.7. The Balaban J connectivity index is 0.00000320. The molecule has 4 aliphatic rings. The van der Waals surface area contributed by atoms with Crippen LogP contribution in [0, 0.1) is 17.3 Å². The monoisotopic (exact) mass is 530 g/mol. The molecule has 0 radical (unpaired) electrons. The van der Waals surface area contributed by atoms with Gasteiger partial charge in [-0.15, -0.1) is 12.4 Å². The molecule has 4 amide bonds. The molecule has 5 rings (SSSR count). The van der Waals surface area contributed by atoms with Crippen LogP contribution < -0.4 is 0 Å². The third-order valence-electron chi connectivity index (χ3n) is 8.75. The lowest BCUT2D eigenvalue weighted by Crippen LogP contribution is -2.57. The summed E-state index contributed by atoms with van der Waals surface area (Å²) >= 11 is 0. The molecule has 3 aliphatic heterocycles. The maximum atomic E-state index is 13.2. The number of hydrogen-bond donors (Lipinski definition) is 0. The molecule has 8 heteroatoms. The molecule has 7 nitrogen and oxygen atoms in total. The molecule has 0 bridgehead atoms. The van der Waals surface area contributed by atoms with Gasteiger partial charge in [0.15, 0.2) is 0 Å². The Morgan fingerprint density at radius 2 is 1.65 bits per heavy atom. The third kappa shape index (κ3) is 5.68. The number of hydrogen-bond acceptors (Lipinski definition) is 4. The van der Waals surface area contributed by atoms with Crippen molar-refractivity contribution in [2.75, 3.05) is 46.3 Å². The number of nitrogens with zero attached hydrogens (tertiary/aromatic N) is 4. The predicted molar refractivity (Wildman–Crippen MR) is 147 cm³/mol. The van der Waals surface area contributed by atoms with E-state index in [0.29, 0.717) is 37.0 Å². The lowest BCUT2D eigenvalue weighted by Gasteiger charge is -2.43. The molecule has 204 valence electrons. The molecule has 1 aromatic carbocycles. The number of amides is 4. The van der Waals surface area contributed by atoms with Crippen LogP contribution in [-0.2, 0) is 9.59 Å². The highest BCUT2D eigenvalue weighted by Gasteiger charge is 2.57. The van der Waals surface area contributed by atoms with Crippen molar-refractivity contribution in [2.24, 2.45) is 17.3 Å². The predicted octanol–water partition coefficient (Wildman–Crippen LogP) is 4.23. The van der Waals surface area contributed by atoms with E-state index in [1.165, 1.54) is 10.5 Å². The van der Waals surface area contributed by atoms with E-state index in [1.54, 1.807) is 7.05 Å². The van der Waals surface area contributed by atoms with Crippen LogP contribution >= 0.6 is 12.4 Å². The SMILES string of the molecule is CN1C(=O)N(CC2CC2)C2(CCN(C[C@H]3CN(C(=O)CC(C)(C)C)C[C@@H]3c3ccccc3)CC2)C1=O.Cl. The maximum Gasteiger partial charge on any atom is 0.327 e. The van der Waals surface area contributed by atoms with Crippen LogP contribution in [0.25, 0.3) is 0 Å². The van der Waals surface area contributed by atoms with Crippen LogP contribution in [0.5, 0.6) is 0 Å². The Labute approximate surface area is 227 Å². The summed E-state index contributed by atoms with van der Waals surface area (Å²) in [5.74, 6) is 1.46. The fourth-order valence-electron chi connectivity index (χ4n) is 6.51. The lowest BCUT2D eigenvalue weighted by molar-refractivity contribution is -0.135. The number of carbonyl (C=O) groups excluding carboxylic acids is 3. The van der Waals surface area contributed by atoms with E-state index < -0.39 is 5.54 Å². The van der Waals surface area contributed by atoms with E-state index in [0.717, 1.165) is 52.1 Å². The van der Waals surface area contributed by atoms with Gasteiger partial charge in [0, 0.05) is 58.7 Å². The summed E-state index contributed by atoms with van der Waals surface area (Å²) < 4.78 is 0. The molecule has 37 heavy (non-hydrogen) atoms. The van der Waals surface area contributed by atoms with Crippen LogP contribution in [0.1, 0.15) is 64.4 Å². The van der Waals surface area contributed by atoms with Crippen molar-refractivity contribution in [3.05, 3.63) is 35.9 Å². The van der Waals surface area contributed by atoms with Gasteiger partial charge in [0.05, 0.1) is 0 Å². The summed E-state index contributed by atoms with van der Waals surface area (Å²) in [6, 6.07) is 10.5. The topological polar surface area (TPSA) is 64.2 Å². The van der Waals surface area contributed by atoms with Gasteiger partial charge in [-0.25, -0.2) is 4.79 Å². The minimum atomic E-state index is -0.659. The molecule has 4 fully saturated rings. The van der Waals surface area contributed by atoms with Gasteiger partial charge in [-0.3, -0.25) is 14.5 Å². The minimum Gasteiger partial charge on any atom is -0.342 e. The normalized spacial score (nSPS) is 26.2. The summed E-state index contributed by atoms with van der Waals surface area (Å²) in [7, 11) is 1.64. The van der Waals surface area contributed by atoms with Crippen LogP contribution in [0.15, 0.2) is 30.3 Å². The lowest BCUT2D eigenvalue weighted by atomic mass is 9.84. The highest BCUT2D eigenvalue weighted by atomic mass is 35.5. The quantitative estimate of drug-likeness (QED) is 0.516. The van der Waals surface area contributed by atoms with E-state index in [-0.39, 0.29) is 35.7 Å². The molecule has 0 unspecified atom stereocenters. The zero-order chi connectivity index (χ0) is 25.7. The van der Waals surface area contributed by atoms with Gasteiger partial charge in [-0.2, -0.15) is 0 Å². The first kappa shape index (κ1) is 27.9. The number of benzene rings is 1. The first-order valence-corrected chi connectivity index (χ1v) is 13.7. The smallest absolute Gasteiger partial charge is 0.327 e. The minimum absolute atomic E-state index is 0. The molecule has 1 aliphatic carbocycles. The molecule has 1 saturated carbocycles. The molecule has 0 N–H and O–H groups in total. The molecule has 2 atom stereocenters. The number of piperidine rings is 1. The number of urea groups is 1. The Kier molecular flexibility index (Phi) is 7.97. The zero-order valence-electron chi connectivity index (χ0n) is 22.8. The summed E-state index contributed by atoms with van der Waals surface area (Å²) in [5.41, 5.74) is 0.619. The van der Waals surface area contributed by atoms with Gasteiger partial charge < -0.3 is 14.7 Å². The van der Waals surface area contributed by atoms with E-state index in [1.807, 2.05) is 11.0 Å². The number of imide groups is 1. The summed E-state index contributed by atoms with van der Waals surface area (Å²) in [5, 5.41) is 0. The van der Waals surface area contributed by atoms with Crippen molar-refractivity contribution in [2.45, 2.75) is 64.3 Å². The second-order valence-electron chi connectivity index (χ2n) is 12.8. The Morgan fingerprint density at radius 1 is 1.00 bits per heavy atom. The average Bonchev–Trinajstić information content (AvgIpc) is 3.54. The number of halogens is 1. The van der Waals surface area contributed by atoms with Crippen LogP contribution in [0.2, 0.25) is 0 Å². The van der Waals surface area contributed by atoms with Crippen molar-refractivity contribution in [1.29, 1.82) is 0 Å². The van der Waals surface area contributed by atoms with Gasteiger partial charge in [-0.05, 0) is 48.5 Å². The molecule has 1 spiro atoms. The van der Waals surface area contributed by atoms with Gasteiger partial charge in [0.1, 0.15) is 5.54 Å². The summed E-state index contributed by atoms with van der Waals surface area (Å²) in [6.07, 6.45) is 4.29. The summed E-state index contributed by atoms with van der Waals surface area (Å²) in [6.45, 7) is 11.2. The van der Waals surface area contributed by atoms with E-state index in [4.69, 9.17) is 0 Å². The highest BCUT2D eigenvalue weighted by molar-refractivity contribution is 6.06. The van der Waals surface area contributed by atoms with Crippen LogP contribution in [0.4, 0.5) is 4.79 Å². The summed E-state index contributed by atoms with van der Waals surface area (Å²) in [4.78, 5) is 47.0. The Bertz CT molecular complexity index is 998. The van der Waals surface area contributed by atoms with E-state index in [9.17, 15) is 14.4 Å². The molecule has 0 aromatic heterocycles. The van der Waals surface area contributed by atoms with Crippen molar-refractivity contribution in [3.63, 3.8) is 0 Å². The molecule has 3 heterocycles. The van der Waals surface area contributed by atoms with Crippen molar-refractivity contribution in [1.82, 2.24) is 19.6 Å². The van der Waals surface area contributed by atoms with Crippen molar-refractivity contribution >= 4 is 30.3 Å². The van der Waals surface area contributed by atoms with Gasteiger partial charge in [0.25, 0.3) is 5.91 Å². The molecular formula is C29H43ClN4O3. The Morgan fingerprint density at radius 3 is 2.24 bits per heavy atom. The number of rotatable bonds is 6. The van der Waals surface area contributed by atoms with E-state index in [2.05, 4.69) is 54.8 Å². The van der Waals surface area contributed by atoms with Gasteiger partial charge in [0.2, 0.25) is 5.91 Å². The fourth-order valence-corrected chi connectivity index (χ4v) is 6.51. The fraction of sp³-hybridized carbons (Fsp3) is 0.690. The standard InChI is InChI=1S/C29H42N4O3.ClH/c1-28(2,3)16-25(34)32-19-23(24(20-32)22-8-6-5-7-9-22)18-31-14-12-29(13-15-31)26(35)30(4)27(36)33(29)17-21-10-11-21;/h5-9,21,23-24H,10-20H2,1-4H3;1H/t23-,24+;/m0./s1. The maximum absolute atomic E-state index is 13.2. The Hall–Kier alpha value is -2.12. The van der Waals surface area contributed by atoms with Crippen molar-refractivity contribution in [3.8, 4) is 0 Å². The zero-order valence-corrected chi connectivity index (χ0v) is 23.6. The second kappa shape index (κ2) is 10.6. The average molecular weight is 531 g/mol. The van der Waals surface area contributed by atoms with E-state index >= 15 is 0 Å². The number of likely N-dealkylation sites (tertiary alicyclic amines) is 2. The first-order chi connectivity index (χ1) is 17.1. The number of likely N-dealkylation sites (N-methyl/N-ethyl adjacent to an activating group) is 1. The number of carbonyl (C=O) groups is 3.